The van der Waals surface area contributed by atoms with Gasteiger partial charge in [0.05, 0.1) is 0 Å². The Kier molecular flexibility index (Phi) is 2.80. The molecule has 0 aromatic carbocycles. The summed E-state index contributed by atoms with van der Waals surface area (Å²) in [6, 6.07) is 0. The lowest BCUT2D eigenvalue weighted by molar-refractivity contribution is 0.521. The molecule has 12 heavy (non-hydrogen) atoms. The van der Waals surface area contributed by atoms with Gasteiger partial charge in [0.25, 0.3) is 0 Å². The summed E-state index contributed by atoms with van der Waals surface area (Å²) in [6.07, 6.45) is 5.40. The Balaban J connectivity index is 2.80. The highest BCUT2D eigenvalue weighted by atomic mass is 16.3. The highest BCUT2D eigenvalue weighted by molar-refractivity contribution is 5.94. The van der Waals surface area contributed by atoms with Crippen LogP contribution < -0.4 is 0 Å². The van der Waals surface area contributed by atoms with Gasteiger partial charge in [-0.1, -0.05) is 6.08 Å². The van der Waals surface area contributed by atoms with Crippen molar-refractivity contribution in [1.82, 2.24) is 4.98 Å². The van der Waals surface area contributed by atoms with E-state index in [0.29, 0.717) is 11.7 Å². The first-order valence-corrected chi connectivity index (χ1v) is 3.82. The largest absolute Gasteiger partial charge is 0.447 e. The molecule has 0 fully saturated rings. The van der Waals surface area contributed by atoms with Crippen LogP contribution in [-0.2, 0) is 0 Å². The van der Waals surface area contributed by atoms with Gasteiger partial charge in [0.2, 0.25) is 0 Å². The van der Waals surface area contributed by atoms with E-state index in [1.54, 1.807) is 13.2 Å². The maximum Gasteiger partial charge on any atom is 0.193 e. The highest BCUT2D eigenvalue weighted by Gasteiger charge is 1.95. The number of oxazole rings is 1. The molecular weight excluding hydrogens is 152 g/mol. The van der Waals surface area contributed by atoms with Gasteiger partial charge in [-0.15, -0.1) is 0 Å². The second-order valence-electron chi connectivity index (χ2n) is 2.48. The third kappa shape index (κ3) is 2.34. The maximum atomic E-state index is 5.00. The third-order valence-corrected chi connectivity index (χ3v) is 1.31. The minimum Gasteiger partial charge on any atom is -0.447 e. The summed E-state index contributed by atoms with van der Waals surface area (Å²) in [4.78, 5) is 8.24. The van der Waals surface area contributed by atoms with Crippen LogP contribution in [0.4, 0.5) is 5.82 Å². The molecule has 1 heterocycles. The van der Waals surface area contributed by atoms with Crippen molar-refractivity contribution >= 4 is 11.5 Å². The molecule has 0 saturated heterocycles. The standard InChI is InChI=1S/C9H12N2O/c1-4-5-7(2)10-9-6-12-8(3)11-9/h4-6H,1-3H3/b5-4-,10-7-. The summed E-state index contributed by atoms with van der Waals surface area (Å²) in [5, 5.41) is 0. The average molecular weight is 164 g/mol. The van der Waals surface area contributed by atoms with E-state index in [4.69, 9.17) is 4.42 Å². The maximum absolute atomic E-state index is 5.00. The molecule has 0 amide bonds. The van der Waals surface area contributed by atoms with Crippen LogP contribution in [0.2, 0.25) is 0 Å². The lowest BCUT2D eigenvalue weighted by Crippen LogP contribution is -1.81. The van der Waals surface area contributed by atoms with Gasteiger partial charge >= 0.3 is 0 Å². The van der Waals surface area contributed by atoms with Crippen LogP contribution in [-0.4, -0.2) is 10.7 Å². The first kappa shape index (κ1) is 8.71. The summed E-state index contributed by atoms with van der Waals surface area (Å²) in [6.45, 7) is 5.67. The Morgan fingerprint density at radius 3 is 2.92 bits per heavy atom. The van der Waals surface area contributed by atoms with Gasteiger partial charge in [-0.25, -0.2) is 4.99 Å². The zero-order valence-corrected chi connectivity index (χ0v) is 7.53. The van der Waals surface area contributed by atoms with E-state index in [-0.39, 0.29) is 0 Å². The lowest BCUT2D eigenvalue weighted by atomic mass is 10.4. The fraction of sp³-hybridized carbons (Fsp3) is 0.333. The molecule has 64 valence electrons. The Bertz CT molecular complexity index is 310. The fourth-order valence-electron chi connectivity index (χ4n) is 0.863. The van der Waals surface area contributed by atoms with Crippen LogP contribution in [0.3, 0.4) is 0 Å². The summed E-state index contributed by atoms with van der Waals surface area (Å²) in [5.41, 5.74) is 0.922. The summed E-state index contributed by atoms with van der Waals surface area (Å²) in [7, 11) is 0. The van der Waals surface area contributed by atoms with Crippen molar-refractivity contribution in [2.75, 3.05) is 0 Å². The Morgan fingerprint density at radius 1 is 1.67 bits per heavy atom. The van der Waals surface area contributed by atoms with Gasteiger partial charge in [0, 0.05) is 12.6 Å². The molecule has 0 N–H and O–H groups in total. The number of aliphatic imine (C=N–C) groups is 1. The van der Waals surface area contributed by atoms with E-state index >= 15 is 0 Å². The molecule has 0 spiro atoms. The van der Waals surface area contributed by atoms with E-state index in [9.17, 15) is 0 Å². The van der Waals surface area contributed by atoms with Crippen LogP contribution in [0.5, 0.6) is 0 Å². The minimum absolute atomic E-state index is 0.628. The summed E-state index contributed by atoms with van der Waals surface area (Å²) < 4.78 is 5.00. The first-order chi connectivity index (χ1) is 5.72. The monoisotopic (exact) mass is 164 g/mol. The molecule has 1 rings (SSSR count). The molecule has 0 saturated carbocycles. The van der Waals surface area contributed by atoms with E-state index in [1.807, 2.05) is 26.0 Å². The molecule has 0 aliphatic heterocycles. The van der Waals surface area contributed by atoms with Gasteiger partial charge in [0.15, 0.2) is 11.7 Å². The topological polar surface area (TPSA) is 38.4 Å². The Morgan fingerprint density at radius 2 is 2.42 bits per heavy atom. The van der Waals surface area contributed by atoms with Crippen molar-refractivity contribution in [3.63, 3.8) is 0 Å². The lowest BCUT2D eigenvalue weighted by Gasteiger charge is -1.86. The zero-order valence-electron chi connectivity index (χ0n) is 7.53. The minimum atomic E-state index is 0.628. The summed E-state index contributed by atoms with van der Waals surface area (Å²) in [5.74, 6) is 1.27. The fourth-order valence-corrected chi connectivity index (χ4v) is 0.863. The summed E-state index contributed by atoms with van der Waals surface area (Å²) >= 11 is 0. The number of allylic oxidation sites excluding steroid dienone is 2. The van der Waals surface area contributed by atoms with Crippen LogP contribution >= 0.6 is 0 Å². The number of aromatic nitrogens is 1. The Hall–Kier alpha value is -1.38. The first-order valence-electron chi connectivity index (χ1n) is 3.82. The smallest absolute Gasteiger partial charge is 0.193 e. The molecule has 1 aromatic rings. The number of hydrogen-bond acceptors (Lipinski definition) is 3. The van der Waals surface area contributed by atoms with E-state index in [1.165, 1.54) is 0 Å². The van der Waals surface area contributed by atoms with E-state index in [0.717, 1.165) is 5.71 Å². The number of hydrogen-bond donors (Lipinski definition) is 0. The third-order valence-electron chi connectivity index (χ3n) is 1.31. The zero-order chi connectivity index (χ0) is 8.97. The molecule has 0 unspecified atom stereocenters. The molecule has 0 aliphatic rings. The second-order valence-corrected chi connectivity index (χ2v) is 2.48. The van der Waals surface area contributed by atoms with E-state index < -0.39 is 0 Å². The van der Waals surface area contributed by atoms with E-state index in [2.05, 4.69) is 9.98 Å². The highest BCUT2D eigenvalue weighted by Crippen LogP contribution is 2.10. The second kappa shape index (κ2) is 3.85. The van der Waals surface area contributed by atoms with Gasteiger partial charge in [-0.05, 0) is 19.9 Å². The van der Waals surface area contributed by atoms with Crippen LogP contribution in [0, 0.1) is 6.92 Å². The molecular formula is C9H12N2O. The molecule has 3 nitrogen and oxygen atoms in total. The quantitative estimate of drug-likeness (QED) is 0.630. The van der Waals surface area contributed by atoms with Crippen molar-refractivity contribution in [3.8, 4) is 0 Å². The van der Waals surface area contributed by atoms with Gasteiger partial charge in [0.1, 0.15) is 6.26 Å². The van der Waals surface area contributed by atoms with Crippen LogP contribution in [0.25, 0.3) is 0 Å². The number of aryl methyl sites for hydroxylation is 1. The van der Waals surface area contributed by atoms with Gasteiger partial charge in [-0.3, -0.25) is 0 Å². The van der Waals surface area contributed by atoms with Crippen LogP contribution in [0.1, 0.15) is 19.7 Å². The number of rotatable bonds is 2. The van der Waals surface area contributed by atoms with Gasteiger partial charge in [-0.2, -0.15) is 4.98 Å². The van der Waals surface area contributed by atoms with Crippen molar-refractivity contribution in [3.05, 3.63) is 24.3 Å². The molecule has 0 radical (unpaired) electrons. The number of nitrogens with zero attached hydrogens (tertiary/aromatic N) is 2. The normalized spacial score (nSPS) is 12.8. The van der Waals surface area contributed by atoms with Crippen molar-refractivity contribution in [2.45, 2.75) is 20.8 Å². The van der Waals surface area contributed by atoms with Crippen molar-refractivity contribution in [1.29, 1.82) is 0 Å². The average Bonchev–Trinajstić information content (AvgIpc) is 2.36. The predicted molar refractivity (Wildman–Crippen MR) is 48.8 cm³/mol. The molecule has 0 aliphatic carbocycles. The molecule has 3 heteroatoms. The van der Waals surface area contributed by atoms with Crippen molar-refractivity contribution < 1.29 is 4.42 Å². The predicted octanol–water partition coefficient (Wildman–Crippen LogP) is 2.65. The van der Waals surface area contributed by atoms with Crippen LogP contribution in [0.15, 0.2) is 27.8 Å². The SMILES string of the molecule is C/C=C\C(C)=N/c1coc(C)n1. The molecule has 1 aromatic heterocycles. The molecule has 0 atom stereocenters. The van der Waals surface area contributed by atoms with Gasteiger partial charge < -0.3 is 4.42 Å². The molecule has 0 bridgehead atoms. The van der Waals surface area contributed by atoms with Crippen molar-refractivity contribution in [2.24, 2.45) is 4.99 Å². The Labute approximate surface area is 71.8 Å².